The number of carbonyl (C=O) groups excluding carboxylic acids is 1. The van der Waals surface area contributed by atoms with Gasteiger partial charge in [0.05, 0.1) is 18.7 Å². The van der Waals surface area contributed by atoms with Crippen LogP contribution in [0.25, 0.3) is 0 Å². The molecule has 0 bridgehead atoms. The molecule has 26 heavy (non-hydrogen) atoms. The molecule has 1 fully saturated rings. The van der Waals surface area contributed by atoms with Crippen molar-refractivity contribution in [3.05, 3.63) is 14.8 Å². The van der Waals surface area contributed by atoms with Gasteiger partial charge in [-0.05, 0) is 59.1 Å². The maximum absolute atomic E-state index is 12.5. The fourth-order valence-corrected chi connectivity index (χ4v) is 4.04. The summed E-state index contributed by atoms with van der Waals surface area (Å²) < 4.78 is 37.1. The number of alkyl halides is 2. The quantitative estimate of drug-likeness (QED) is 0.623. The summed E-state index contributed by atoms with van der Waals surface area (Å²) in [5, 5.41) is 13.4. The van der Waals surface area contributed by atoms with E-state index in [1.54, 1.807) is 25.5 Å². The normalized spacial score (nSPS) is 20.5. The van der Waals surface area contributed by atoms with E-state index in [0.717, 1.165) is 0 Å². The zero-order chi connectivity index (χ0) is 19.6. The molecule has 1 aromatic rings. The zero-order valence-electron chi connectivity index (χ0n) is 14.4. The molecule has 1 saturated heterocycles. The Balaban J connectivity index is 2.24. The molecule has 0 aliphatic carbocycles. The Kier molecular flexibility index (Phi) is 6.63. The van der Waals surface area contributed by atoms with Crippen LogP contribution in [-0.2, 0) is 9.47 Å². The minimum Gasteiger partial charge on any atom is -0.444 e. The van der Waals surface area contributed by atoms with Gasteiger partial charge in [-0.25, -0.2) is 4.79 Å². The van der Waals surface area contributed by atoms with Gasteiger partial charge in [-0.2, -0.15) is 19.1 Å². The Bertz CT molecular complexity index is 715. The minimum atomic E-state index is -2.93. The van der Waals surface area contributed by atoms with E-state index in [9.17, 15) is 13.6 Å². The van der Waals surface area contributed by atoms with Crippen molar-refractivity contribution in [3.8, 4) is 6.07 Å². The minimum absolute atomic E-state index is 0.198. The number of amides is 1. The van der Waals surface area contributed by atoms with Crippen molar-refractivity contribution >= 4 is 38.0 Å². The lowest BCUT2D eigenvalue weighted by Crippen LogP contribution is -2.42. The van der Waals surface area contributed by atoms with Gasteiger partial charge in [0.2, 0.25) is 0 Å². The number of nitriles is 1. The average Bonchev–Trinajstić information content (AvgIpc) is 3.04. The van der Waals surface area contributed by atoms with Gasteiger partial charge >= 0.3 is 12.7 Å². The molecule has 144 valence electrons. The Morgan fingerprint density at radius 3 is 2.62 bits per heavy atom. The standard InChI is InChI=1S/C15H18Br2F2N4O3/c1-15(2,3)26-14(24)22-6-8(4-9(22)7-25-13(18)19)23-12(17)10(5-20)11(16)21-23/h8-9,13H,4,6-7H2,1-3H3/t8-,9+/m0/s1. The van der Waals surface area contributed by atoms with Gasteiger partial charge in [0.1, 0.15) is 26.4 Å². The molecule has 2 atom stereocenters. The first kappa shape index (κ1) is 21.1. The monoisotopic (exact) mass is 498 g/mol. The highest BCUT2D eigenvalue weighted by Gasteiger charge is 2.40. The molecule has 2 rings (SSSR count). The van der Waals surface area contributed by atoms with E-state index in [1.807, 2.05) is 6.07 Å². The van der Waals surface area contributed by atoms with Crippen LogP contribution in [0.15, 0.2) is 9.21 Å². The third kappa shape index (κ3) is 4.92. The first-order valence-corrected chi connectivity index (χ1v) is 9.35. The molecule has 1 aromatic heterocycles. The third-order valence-corrected chi connectivity index (χ3v) is 5.02. The lowest BCUT2D eigenvalue weighted by atomic mass is 10.2. The van der Waals surface area contributed by atoms with Crippen LogP contribution in [0, 0.1) is 11.3 Å². The summed E-state index contributed by atoms with van der Waals surface area (Å²) >= 11 is 6.53. The largest absolute Gasteiger partial charge is 0.444 e. The number of hydrogen-bond acceptors (Lipinski definition) is 5. The van der Waals surface area contributed by atoms with Crippen molar-refractivity contribution in [1.29, 1.82) is 5.26 Å². The van der Waals surface area contributed by atoms with Gasteiger partial charge in [0.25, 0.3) is 0 Å². The van der Waals surface area contributed by atoms with Gasteiger partial charge in [-0.1, -0.05) is 0 Å². The summed E-state index contributed by atoms with van der Waals surface area (Å²) in [5.74, 6) is 0. The highest BCUT2D eigenvalue weighted by molar-refractivity contribution is 9.11. The van der Waals surface area contributed by atoms with Gasteiger partial charge in [-0.3, -0.25) is 4.68 Å². The van der Waals surface area contributed by atoms with Gasteiger partial charge in [0, 0.05) is 6.54 Å². The fraction of sp³-hybridized carbons (Fsp3) is 0.667. The molecule has 1 aliphatic heterocycles. The van der Waals surface area contributed by atoms with Crippen LogP contribution in [0.3, 0.4) is 0 Å². The van der Waals surface area contributed by atoms with Crippen LogP contribution in [0.2, 0.25) is 0 Å². The molecule has 0 N–H and O–H groups in total. The SMILES string of the molecule is CC(C)(C)OC(=O)N1C[C@@H](n2nc(Br)c(C#N)c2Br)C[C@@H]1COC(F)F. The first-order valence-electron chi connectivity index (χ1n) is 7.76. The summed E-state index contributed by atoms with van der Waals surface area (Å²) in [6.07, 6.45) is -0.269. The van der Waals surface area contributed by atoms with E-state index in [0.29, 0.717) is 21.2 Å². The third-order valence-electron chi connectivity index (χ3n) is 3.70. The highest BCUT2D eigenvalue weighted by atomic mass is 79.9. The zero-order valence-corrected chi connectivity index (χ0v) is 17.6. The van der Waals surface area contributed by atoms with E-state index >= 15 is 0 Å². The summed E-state index contributed by atoms with van der Waals surface area (Å²) in [6.45, 7) is 2.13. The topological polar surface area (TPSA) is 80.4 Å². The Labute approximate surface area is 166 Å². The van der Waals surface area contributed by atoms with E-state index in [-0.39, 0.29) is 19.2 Å². The van der Waals surface area contributed by atoms with Crippen molar-refractivity contribution in [3.63, 3.8) is 0 Å². The molecular weight excluding hydrogens is 482 g/mol. The maximum atomic E-state index is 12.5. The van der Waals surface area contributed by atoms with E-state index < -0.39 is 24.3 Å². The van der Waals surface area contributed by atoms with Crippen LogP contribution in [0.5, 0.6) is 0 Å². The Hall–Kier alpha value is -1.25. The number of ether oxygens (including phenoxy) is 2. The number of rotatable bonds is 4. The van der Waals surface area contributed by atoms with Crippen molar-refractivity contribution < 1.29 is 23.0 Å². The van der Waals surface area contributed by atoms with Crippen LogP contribution in [0.4, 0.5) is 13.6 Å². The second kappa shape index (κ2) is 8.19. The number of nitrogens with zero attached hydrogens (tertiary/aromatic N) is 4. The Morgan fingerprint density at radius 2 is 2.12 bits per heavy atom. The molecule has 0 radical (unpaired) electrons. The van der Waals surface area contributed by atoms with Crippen molar-refractivity contribution in [2.75, 3.05) is 13.2 Å². The van der Waals surface area contributed by atoms with E-state index in [2.05, 4.69) is 41.7 Å². The second-order valence-electron chi connectivity index (χ2n) is 6.78. The summed E-state index contributed by atoms with van der Waals surface area (Å²) in [7, 11) is 0. The summed E-state index contributed by atoms with van der Waals surface area (Å²) in [6, 6.07) is 1.11. The smallest absolute Gasteiger partial charge is 0.410 e. The summed E-state index contributed by atoms with van der Waals surface area (Å²) in [5.41, 5.74) is -0.395. The highest BCUT2D eigenvalue weighted by Crippen LogP contribution is 2.34. The molecule has 1 amide bonds. The number of hydrogen-bond donors (Lipinski definition) is 0. The molecule has 0 saturated carbocycles. The van der Waals surface area contributed by atoms with Crippen LogP contribution >= 0.6 is 31.9 Å². The average molecular weight is 500 g/mol. The number of aromatic nitrogens is 2. The van der Waals surface area contributed by atoms with Gasteiger partial charge in [-0.15, -0.1) is 0 Å². The molecule has 11 heteroatoms. The molecule has 0 aromatic carbocycles. The van der Waals surface area contributed by atoms with Crippen molar-refractivity contribution in [2.24, 2.45) is 0 Å². The van der Waals surface area contributed by atoms with Gasteiger partial charge < -0.3 is 14.4 Å². The van der Waals surface area contributed by atoms with E-state index in [1.165, 1.54) is 4.90 Å². The molecule has 2 heterocycles. The van der Waals surface area contributed by atoms with Crippen LogP contribution in [-0.4, -0.2) is 52.2 Å². The second-order valence-corrected chi connectivity index (χ2v) is 8.29. The fourth-order valence-electron chi connectivity index (χ4n) is 2.68. The molecular formula is C15H18Br2F2N4O3. The Morgan fingerprint density at radius 1 is 1.46 bits per heavy atom. The van der Waals surface area contributed by atoms with Crippen LogP contribution in [0.1, 0.15) is 38.8 Å². The number of likely N-dealkylation sites (tertiary alicyclic amines) is 1. The maximum Gasteiger partial charge on any atom is 0.410 e. The van der Waals surface area contributed by atoms with Crippen LogP contribution < -0.4 is 0 Å². The first-order chi connectivity index (χ1) is 12.0. The molecule has 0 spiro atoms. The van der Waals surface area contributed by atoms with Crippen molar-refractivity contribution in [2.45, 2.75) is 51.5 Å². The summed E-state index contributed by atoms with van der Waals surface area (Å²) in [4.78, 5) is 13.8. The molecule has 0 unspecified atom stereocenters. The molecule has 7 nitrogen and oxygen atoms in total. The lowest BCUT2D eigenvalue weighted by molar-refractivity contribution is -0.138. The van der Waals surface area contributed by atoms with E-state index in [4.69, 9.17) is 10.00 Å². The van der Waals surface area contributed by atoms with Crippen molar-refractivity contribution in [1.82, 2.24) is 14.7 Å². The predicted molar refractivity (Wildman–Crippen MR) is 94.7 cm³/mol. The molecule has 1 aliphatic rings. The number of halogens is 4. The predicted octanol–water partition coefficient (Wildman–Crippen LogP) is 4.07. The lowest BCUT2D eigenvalue weighted by Gasteiger charge is -2.28. The van der Waals surface area contributed by atoms with Gasteiger partial charge in [0.15, 0.2) is 0 Å². The number of carbonyl (C=O) groups is 1.